The Morgan fingerprint density at radius 1 is 1.20 bits per heavy atom. The first kappa shape index (κ1) is 17.2. The van der Waals surface area contributed by atoms with Crippen LogP contribution in [0.2, 0.25) is 0 Å². The summed E-state index contributed by atoms with van der Waals surface area (Å²) in [5, 5.41) is 3.90. The van der Waals surface area contributed by atoms with E-state index in [1.807, 2.05) is 12.5 Å². The number of nitrogens with one attached hydrogen (secondary N) is 1. The summed E-state index contributed by atoms with van der Waals surface area (Å²) < 4.78 is 2.18. The number of aromatic nitrogens is 2. The Morgan fingerprint density at radius 3 is 2.35 bits per heavy atom. The third-order valence-electron chi connectivity index (χ3n) is 4.31. The van der Waals surface area contributed by atoms with Gasteiger partial charge >= 0.3 is 0 Å². The average molecular weight is 279 g/mol. The highest BCUT2D eigenvalue weighted by Gasteiger charge is 2.27. The van der Waals surface area contributed by atoms with E-state index in [1.54, 1.807) is 0 Å². The molecular weight excluding hydrogens is 246 g/mol. The molecule has 0 saturated carbocycles. The predicted molar refractivity (Wildman–Crippen MR) is 86.8 cm³/mol. The van der Waals surface area contributed by atoms with E-state index in [1.165, 1.54) is 19.3 Å². The number of hydrogen-bond acceptors (Lipinski definition) is 2. The molecule has 0 bridgehead atoms. The quantitative estimate of drug-likeness (QED) is 0.776. The monoisotopic (exact) mass is 279 g/mol. The van der Waals surface area contributed by atoms with Crippen molar-refractivity contribution in [3.05, 3.63) is 18.7 Å². The summed E-state index contributed by atoms with van der Waals surface area (Å²) in [5.41, 5.74) is 0.243. The molecule has 0 saturated heterocycles. The molecule has 0 spiro atoms. The molecule has 1 rings (SSSR count). The van der Waals surface area contributed by atoms with Gasteiger partial charge in [0.25, 0.3) is 0 Å². The Hall–Kier alpha value is -0.830. The second-order valence-corrected chi connectivity index (χ2v) is 7.20. The highest BCUT2D eigenvalue weighted by Crippen LogP contribution is 2.23. The lowest BCUT2D eigenvalue weighted by atomic mass is 9.85. The minimum Gasteiger partial charge on any atom is -0.336 e. The smallest absolute Gasteiger partial charge is 0.0946 e. The molecular formula is C17H33N3. The summed E-state index contributed by atoms with van der Waals surface area (Å²) in [6.07, 6.45) is 9.55. The summed E-state index contributed by atoms with van der Waals surface area (Å²) in [5.74, 6) is 0.793. The predicted octanol–water partition coefficient (Wildman–Crippen LogP) is 4.10. The molecule has 0 fully saturated rings. The highest BCUT2D eigenvalue weighted by molar-refractivity contribution is 4.87. The van der Waals surface area contributed by atoms with Gasteiger partial charge in [0.05, 0.1) is 6.33 Å². The van der Waals surface area contributed by atoms with Crippen LogP contribution in [0.1, 0.15) is 60.8 Å². The van der Waals surface area contributed by atoms with Crippen LogP contribution < -0.4 is 5.32 Å². The first-order valence-electron chi connectivity index (χ1n) is 8.08. The zero-order valence-corrected chi connectivity index (χ0v) is 14.2. The van der Waals surface area contributed by atoms with Gasteiger partial charge in [-0.05, 0) is 24.2 Å². The van der Waals surface area contributed by atoms with E-state index < -0.39 is 0 Å². The zero-order chi connectivity index (χ0) is 15.2. The lowest BCUT2D eigenvalue weighted by molar-refractivity contribution is 0.207. The molecule has 20 heavy (non-hydrogen) atoms. The summed E-state index contributed by atoms with van der Waals surface area (Å²) in [6.45, 7) is 14.9. The van der Waals surface area contributed by atoms with Crippen LogP contribution in [0.4, 0.5) is 0 Å². The lowest BCUT2D eigenvalue weighted by Gasteiger charge is -2.36. The maximum Gasteiger partial charge on any atom is 0.0946 e. The fourth-order valence-electron chi connectivity index (χ4n) is 2.47. The van der Waals surface area contributed by atoms with Gasteiger partial charge in [-0.15, -0.1) is 0 Å². The standard InChI is InChI=1S/C17H33N3/c1-7-14(3)11-15(8-2)19-16(17(4,5)6)12-20-10-9-18-13-20/h9-10,13-16,19H,7-8,11-12H2,1-6H3. The Balaban J connectivity index is 2.68. The van der Waals surface area contributed by atoms with E-state index in [0.717, 1.165) is 12.5 Å². The van der Waals surface area contributed by atoms with E-state index in [9.17, 15) is 0 Å². The van der Waals surface area contributed by atoms with E-state index >= 15 is 0 Å². The SMILES string of the molecule is CCC(C)CC(CC)NC(Cn1ccnc1)C(C)(C)C. The van der Waals surface area contributed by atoms with Crippen molar-refractivity contribution < 1.29 is 0 Å². The van der Waals surface area contributed by atoms with Crippen molar-refractivity contribution in [2.24, 2.45) is 11.3 Å². The van der Waals surface area contributed by atoms with Crippen molar-refractivity contribution in [1.82, 2.24) is 14.9 Å². The van der Waals surface area contributed by atoms with Crippen LogP contribution >= 0.6 is 0 Å². The number of rotatable bonds is 8. The van der Waals surface area contributed by atoms with Gasteiger partial charge in [-0.25, -0.2) is 4.98 Å². The Bertz CT molecular complexity index is 351. The van der Waals surface area contributed by atoms with Gasteiger partial charge in [0.15, 0.2) is 0 Å². The van der Waals surface area contributed by atoms with Crippen LogP contribution in [0.15, 0.2) is 18.7 Å². The Labute approximate surface area is 125 Å². The van der Waals surface area contributed by atoms with Crippen molar-refractivity contribution in [3.8, 4) is 0 Å². The topological polar surface area (TPSA) is 29.9 Å². The van der Waals surface area contributed by atoms with Gasteiger partial charge in [0.1, 0.15) is 0 Å². The minimum atomic E-state index is 0.243. The largest absolute Gasteiger partial charge is 0.336 e. The number of hydrogen-bond donors (Lipinski definition) is 1. The van der Waals surface area contributed by atoms with Crippen molar-refractivity contribution in [2.45, 2.75) is 79.4 Å². The third kappa shape index (κ3) is 5.66. The Kier molecular flexibility index (Phi) is 6.74. The van der Waals surface area contributed by atoms with Gasteiger partial charge in [-0.3, -0.25) is 0 Å². The second kappa shape index (κ2) is 7.82. The van der Waals surface area contributed by atoms with Crippen molar-refractivity contribution >= 4 is 0 Å². The lowest BCUT2D eigenvalue weighted by Crippen LogP contribution is -2.48. The van der Waals surface area contributed by atoms with Gasteiger partial charge in [0.2, 0.25) is 0 Å². The molecule has 1 N–H and O–H groups in total. The van der Waals surface area contributed by atoms with Crippen molar-refractivity contribution in [3.63, 3.8) is 0 Å². The van der Waals surface area contributed by atoms with Crippen LogP contribution in [0.5, 0.6) is 0 Å². The maximum absolute atomic E-state index is 4.15. The minimum absolute atomic E-state index is 0.243. The second-order valence-electron chi connectivity index (χ2n) is 7.20. The van der Waals surface area contributed by atoms with Crippen LogP contribution in [-0.2, 0) is 6.54 Å². The molecule has 0 amide bonds. The molecule has 0 aromatic carbocycles. The molecule has 3 atom stereocenters. The normalized spacial score (nSPS) is 16.9. The molecule has 3 unspecified atom stereocenters. The molecule has 1 heterocycles. The van der Waals surface area contributed by atoms with Gasteiger partial charge in [-0.1, -0.05) is 48.0 Å². The van der Waals surface area contributed by atoms with Crippen LogP contribution in [0.3, 0.4) is 0 Å². The van der Waals surface area contributed by atoms with Gasteiger partial charge in [-0.2, -0.15) is 0 Å². The fourth-order valence-corrected chi connectivity index (χ4v) is 2.47. The first-order valence-corrected chi connectivity index (χ1v) is 8.08. The highest BCUT2D eigenvalue weighted by atomic mass is 15.1. The maximum atomic E-state index is 4.15. The van der Waals surface area contributed by atoms with E-state index in [0.29, 0.717) is 12.1 Å². The average Bonchev–Trinajstić information content (AvgIpc) is 2.88. The molecule has 3 heteroatoms. The van der Waals surface area contributed by atoms with Gasteiger partial charge in [0, 0.05) is 31.0 Å². The molecule has 1 aromatic rings. The zero-order valence-electron chi connectivity index (χ0n) is 14.2. The van der Waals surface area contributed by atoms with E-state index in [2.05, 4.69) is 62.6 Å². The third-order valence-corrected chi connectivity index (χ3v) is 4.31. The molecule has 0 aliphatic carbocycles. The van der Waals surface area contributed by atoms with Crippen molar-refractivity contribution in [1.29, 1.82) is 0 Å². The fraction of sp³-hybridized carbons (Fsp3) is 0.824. The summed E-state index contributed by atoms with van der Waals surface area (Å²) in [6, 6.07) is 1.07. The van der Waals surface area contributed by atoms with Crippen LogP contribution in [-0.4, -0.2) is 21.6 Å². The van der Waals surface area contributed by atoms with E-state index in [-0.39, 0.29) is 5.41 Å². The molecule has 116 valence electrons. The van der Waals surface area contributed by atoms with Crippen LogP contribution in [0, 0.1) is 11.3 Å². The first-order chi connectivity index (χ1) is 9.36. The Morgan fingerprint density at radius 2 is 1.90 bits per heavy atom. The van der Waals surface area contributed by atoms with Crippen molar-refractivity contribution in [2.75, 3.05) is 0 Å². The number of imidazole rings is 1. The molecule has 0 aliphatic rings. The van der Waals surface area contributed by atoms with E-state index in [4.69, 9.17) is 0 Å². The van der Waals surface area contributed by atoms with Crippen LogP contribution in [0.25, 0.3) is 0 Å². The van der Waals surface area contributed by atoms with Gasteiger partial charge < -0.3 is 9.88 Å². The summed E-state index contributed by atoms with van der Waals surface area (Å²) >= 11 is 0. The molecule has 0 radical (unpaired) electrons. The molecule has 0 aliphatic heterocycles. The summed E-state index contributed by atoms with van der Waals surface area (Å²) in [4.78, 5) is 4.15. The summed E-state index contributed by atoms with van der Waals surface area (Å²) in [7, 11) is 0. The molecule has 1 aromatic heterocycles. The molecule has 3 nitrogen and oxygen atoms in total. The number of nitrogens with zero attached hydrogens (tertiary/aromatic N) is 2.